The first-order valence-corrected chi connectivity index (χ1v) is 8.07. The number of halogens is 1. The third-order valence-corrected chi connectivity index (χ3v) is 4.01. The van der Waals surface area contributed by atoms with Crippen LogP contribution < -0.4 is 5.32 Å². The van der Waals surface area contributed by atoms with E-state index < -0.39 is 6.10 Å². The standard InChI is InChI=1S/C19H25FN2O/c1-13(2)19(16-5-4-10-21-12-16)22-14(3)11-18(23)15-6-8-17(20)9-7-15/h4-10,12-14,18-19,22-23H,11H2,1-3H3. The van der Waals surface area contributed by atoms with E-state index in [0.717, 1.165) is 11.1 Å². The first-order valence-electron chi connectivity index (χ1n) is 8.07. The Hall–Kier alpha value is -1.78. The molecule has 0 aliphatic carbocycles. The number of pyridine rings is 1. The van der Waals surface area contributed by atoms with Crippen LogP contribution in [0.3, 0.4) is 0 Å². The Morgan fingerprint density at radius 3 is 2.35 bits per heavy atom. The number of hydrogen-bond donors (Lipinski definition) is 2. The van der Waals surface area contributed by atoms with E-state index in [-0.39, 0.29) is 17.9 Å². The molecule has 0 saturated heterocycles. The molecular weight excluding hydrogens is 291 g/mol. The fraction of sp³-hybridized carbons (Fsp3) is 0.421. The molecule has 0 amide bonds. The molecule has 1 aromatic heterocycles. The van der Waals surface area contributed by atoms with Crippen LogP contribution in [0.1, 0.15) is 50.5 Å². The predicted molar refractivity (Wildman–Crippen MR) is 90.4 cm³/mol. The summed E-state index contributed by atoms with van der Waals surface area (Å²) in [6.45, 7) is 6.38. The van der Waals surface area contributed by atoms with Gasteiger partial charge in [0.25, 0.3) is 0 Å². The lowest BCUT2D eigenvalue weighted by molar-refractivity contribution is 0.149. The van der Waals surface area contributed by atoms with Crippen LogP contribution in [0.15, 0.2) is 48.8 Å². The number of benzene rings is 1. The van der Waals surface area contributed by atoms with Crippen molar-refractivity contribution in [1.29, 1.82) is 0 Å². The minimum atomic E-state index is -0.611. The number of rotatable bonds is 7. The third kappa shape index (κ3) is 5.12. The molecule has 0 bridgehead atoms. The van der Waals surface area contributed by atoms with E-state index in [1.807, 2.05) is 12.3 Å². The van der Waals surface area contributed by atoms with Gasteiger partial charge in [0.1, 0.15) is 5.82 Å². The number of nitrogens with zero attached hydrogens (tertiary/aromatic N) is 1. The van der Waals surface area contributed by atoms with Crippen LogP contribution in [0.25, 0.3) is 0 Å². The maximum absolute atomic E-state index is 13.0. The average molecular weight is 316 g/mol. The van der Waals surface area contributed by atoms with Crippen molar-refractivity contribution in [3.05, 3.63) is 65.7 Å². The summed E-state index contributed by atoms with van der Waals surface area (Å²) in [6.07, 6.45) is 3.60. The van der Waals surface area contributed by atoms with Gasteiger partial charge in [-0.15, -0.1) is 0 Å². The van der Waals surface area contributed by atoms with Crippen molar-refractivity contribution in [3.63, 3.8) is 0 Å². The fourth-order valence-corrected chi connectivity index (χ4v) is 2.76. The van der Waals surface area contributed by atoms with Crippen LogP contribution in [-0.4, -0.2) is 16.1 Å². The summed E-state index contributed by atoms with van der Waals surface area (Å²) < 4.78 is 13.0. The highest BCUT2D eigenvalue weighted by Gasteiger charge is 2.20. The van der Waals surface area contributed by atoms with Crippen molar-refractivity contribution in [2.24, 2.45) is 5.92 Å². The summed E-state index contributed by atoms with van der Waals surface area (Å²) >= 11 is 0. The van der Waals surface area contributed by atoms with E-state index in [1.54, 1.807) is 18.3 Å². The second-order valence-electron chi connectivity index (χ2n) is 6.38. The van der Waals surface area contributed by atoms with Crippen molar-refractivity contribution in [1.82, 2.24) is 10.3 Å². The van der Waals surface area contributed by atoms with Gasteiger partial charge in [-0.05, 0) is 48.6 Å². The zero-order valence-corrected chi connectivity index (χ0v) is 13.9. The summed E-state index contributed by atoms with van der Waals surface area (Å²) in [7, 11) is 0. The highest BCUT2D eigenvalue weighted by Crippen LogP contribution is 2.24. The molecule has 2 N–H and O–H groups in total. The summed E-state index contributed by atoms with van der Waals surface area (Å²) in [5, 5.41) is 13.9. The fourth-order valence-electron chi connectivity index (χ4n) is 2.76. The van der Waals surface area contributed by atoms with Crippen LogP contribution >= 0.6 is 0 Å². The molecule has 1 aromatic carbocycles. The normalized spacial score (nSPS) is 15.4. The molecule has 0 radical (unpaired) electrons. The second-order valence-corrected chi connectivity index (χ2v) is 6.38. The molecule has 3 atom stereocenters. The molecule has 0 spiro atoms. The molecule has 124 valence electrons. The molecule has 4 heteroatoms. The number of nitrogens with one attached hydrogen (secondary N) is 1. The molecule has 0 aliphatic rings. The van der Waals surface area contributed by atoms with Crippen LogP contribution in [-0.2, 0) is 0 Å². The van der Waals surface area contributed by atoms with Gasteiger partial charge in [-0.1, -0.05) is 32.0 Å². The number of hydrogen-bond acceptors (Lipinski definition) is 3. The van der Waals surface area contributed by atoms with Gasteiger partial charge in [-0.25, -0.2) is 4.39 Å². The van der Waals surface area contributed by atoms with E-state index in [9.17, 15) is 9.50 Å². The molecule has 23 heavy (non-hydrogen) atoms. The van der Waals surface area contributed by atoms with Crippen molar-refractivity contribution < 1.29 is 9.50 Å². The van der Waals surface area contributed by atoms with Crippen molar-refractivity contribution >= 4 is 0 Å². The first kappa shape index (κ1) is 17.6. The highest BCUT2D eigenvalue weighted by molar-refractivity contribution is 5.19. The van der Waals surface area contributed by atoms with Gasteiger partial charge in [0.2, 0.25) is 0 Å². The number of aliphatic hydroxyl groups excluding tert-OH is 1. The Bertz CT molecular complexity index is 586. The third-order valence-electron chi connectivity index (χ3n) is 4.01. The zero-order chi connectivity index (χ0) is 16.8. The molecule has 0 aliphatic heterocycles. The van der Waals surface area contributed by atoms with Gasteiger partial charge in [0.05, 0.1) is 6.10 Å². The number of aliphatic hydroxyl groups is 1. The average Bonchev–Trinajstić information content (AvgIpc) is 2.53. The zero-order valence-electron chi connectivity index (χ0n) is 13.9. The Balaban J connectivity index is 1.99. The van der Waals surface area contributed by atoms with Crippen LogP contribution in [0.4, 0.5) is 4.39 Å². The first-order chi connectivity index (χ1) is 11.0. The summed E-state index contributed by atoms with van der Waals surface area (Å²) in [5.74, 6) is 0.119. The molecule has 0 saturated carbocycles. The Kier molecular flexibility index (Phi) is 6.25. The van der Waals surface area contributed by atoms with E-state index in [1.165, 1.54) is 12.1 Å². The lowest BCUT2D eigenvalue weighted by Crippen LogP contribution is -2.34. The molecule has 3 nitrogen and oxygen atoms in total. The molecule has 1 heterocycles. The van der Waals surface area contributed by atoms with Gasteiger partial charge in [-0.2, -0.15) is 0 Å². The van der Waals surface area contributed by atoms with Gasteiger partial charge < -0.3 is 10.4 Å². The van der Waals surface area contributed by atoms with Gasteiger partial charge >= 0.3 is 0 Å². The van der Waals surface area contributed by atoms with Crippen LogP contribution in [0, 0.1) is 11.7 Å². The highest BCUT2D eigenvalue weighted by atomic mass is 19.1. The van der Waals surface area contributed by atoms with Crippen molar-refractivity contribution in [2.75, 3.05) is 0 Å². The van der Waals surface area contributed by atoms with Crippen molar-refractivity contribution in [2.45, 2.75) is 45.4 Å². The lowest BCUT2D eigenvalue weighted by Gasteiger charge is -2.28. The Labute approximate surface area is 137 Å². The molecule has 2 aromatic rings. The largest absolute Gasteiger partial charge is 0.388 e. The van der Waals surface area contributed by atoms with Crippen LogP contribution in [0.5, 0.6) is 0 Å². The van der Waals surface area contributed by atoms with E-state index in [0.29, 0.717) is 12.3 Å². The maximum Gasteiger partial charge on any atom is 0.123 e. The molecular formula is C19H25FN2O. The van der Waals surface area contributed by atoms with Crippen molar-refractivity contribution in [3.8, 4) is 0 Å². The quantitative estimate of drug-likeness (QED) is 0.811. The SMILES string of the molecule is CC(CC(O)c1ccc(F)cc1)NC(c1cccnc1)C(C)C. The molecule has 2 rings (SSSR count). The minimum absolute atomic E-state index is 0.114. The summed E-state index contributed by atoms with van der Waals surface area (Å²) in [4.78, 5) is 4.19. The van der Waals surface area contributed by atoms with Crippen LogP contribution in [0.2, 0.25) is 0 Å². The molecule has 3 unspecified atom stereocenters. The number of aromatic nitrogens is 1. The van der Waals surface area contributed by atoms with E-state index >= 15 is 0 Å². The van der Waals surface area contributed by atoms with E-state index in [4.69, 9.17) is 0 Å². The summed E-state index contributed by atoms with van der Waals surface area (Å²) in [5.41, 5.74) is 1.88. The maximum atomic E-state index is 13.0. The predicted octanol–water partition coefficient (Wildman–Crippen LogP) is 4.02. The topological polar surface area (TPSA) is 45.1 Å². The smallest absolute Gasteiger partial charge is 0.123 e. The minimum Gasteiger partial charge on any atom is -0.388 e. The molecule has 0 fully saturated rings. The summed E-state index contributed by atoms with van der Waals surface area (Å²) in [6, 6.07) is 10.3. The van der Waals surface area contributed by atoms with Gasteiger partial charge in [0, 0.05) is 24.5 Å². The monoisotopic (exact) mass is 316 g/mol. The van der Waals surface area contributed by atoms with Gasteiger partial charge in [0.15, 0.2) is 0 Å². The lowest BCUT2D eigenvalue weighted by atomic mass is 9.95. The second kappa shape index (κ2) is 8.18. The van der Waals surface area contributed by atoms with E-state index in [2.05, 4.69) is 37.1 Å². The Morgan fingerprint density at radius 1 is 1.09 bits per heavy atom. The van der Waals surface area contributed by atoms with Gasteiger partial charge in [-0.3, -0.25) is 4.98 Å². The Morgan fingerprint density at radius 2 is 1.78 bits per heavy atom.